The summed E-state index contributed by atoms with van der Waals surface area (Å²) in [6.45, 7) is 5.36. The summed E-state index contributed by atoms with van der Waals surface area (Å²) in [6, 6.07) is 1.99. The molecule has 1 fully saturated rings. The number of hydrogen-bond donors (Lipinski definition) is 2. The Labute approximate surface area is 164 Å². The van der Waals surface area contributed by atoms with E-state index in [0.29, 0.717) is 12.8 Å². The summed E-state index contributed by atoms with van der Waals surface area (Å²) in [5.41, 5.74) is 0.224. The van der Waals surface area contributed by atoms with Crippen molar-refractivity contribution in [3.63, 3.8) is 0 Å². The molecule has 4 atom stereocenters. The molecule has 0 amide bonds. The van der Waals surface area contributed by atoms with E-state index in [9.17, 15) is 15.0 Å². The zero-order valence-corrected chi connectivity index (χ0v) is 16.6. The van der Waals surface area contributed by atoms with Crippen LogP contribution in [-0.4, -0.2) is 63.4 Å². The molecule has 2 N–H and O–H groups in total. The van der Waals surface area contributed by atoms with Gasteiger partial charge in [0.25, 0.3) is 0 Å². The van der Waals surface area contributed by atoms with E-state index >= 15 is 0 Å². The van der Waals surface area contributed by atoms with Crippen LogP contribution in [0.4, 0.5) is 0 Å². The summed E-state index contributed by atoms with van der Waals surface area (Å²) in [5.74, 6) is -0.288. The Morgan fingerprint density at radius 3 is 2.82 bits per heavy atom. The third-order valence-electron chi connectivity index (χ3n) is 4.47. The first kappa shape index (κ1) is 22.3. The first-order chi connectivity index (χ1) is 13.3. The third kappa shape index (κ3) is 6.01. The maximum atomic E-state index is 11.8. The van der Waals surface area contributed by atoms with Crippen LogP contribution in [-0.2, 0) is 32.2 Å². The normalized spacial score (nSPS) is 24.9. The van der Waals surface area contributed by atoms with E-state index in [4.69, 9.17) is 19.5 Å². The molecule has 0 unspecified atom stereocenters. The molecule has 1 aromatic heterocycles. The van der Waals surface area contributed by atoms with Crippen LogP contribution in [0.2, 0.25) is 0 Å². The van der Waals surface area contributed by atoms with Crippen molar-refractivity contribution < 1.29 is 29.2 Å². The van der Waals surface area contributed by atoms with Crippen LogP contribution >= 0.6 is 0 Å². The van der Waals surface area contributed by atoms with Crippen LogP contribution in [0.5, 0.6) is 0 Å². The lowest BCUT2D eigenvalue weighted by Crippen LogP contribution is -2.36. The van der Waals surface area contributed by atoms with Crippen LogP contribution in [0.25, 0.3) is 0 Å². The Balaban J connectivity index is 1.87. The monoisotopic (exact) mass is 395 g/mol. The number of aromatic nitrogens is 2. The zero-order valence-electron chi connectivity index (χ0n) is 16.6. The highest BCUT2D eigenvalue weighted by molar-refractivity contribution is 5.75. The first-order valence-corrected chi connectivity index (χ1v) is 9.37. The minimum absolute atomic E-state index is 0.0915. The van der Waals surface area contributed by atoms with E-state index in [0.717, 1.165) is 5.69 Å². The predicted molar refractivity (Wildman–Crippen MR) is 97.8 cm³/mol. The second-order valence-corrected chi connectivity index (χ2v) is 7.86. The lowest BCUT2D eigenvalue weighted by molar-refractivity contribution is -0.156. The van der Waals surface area contributed by atoms with Crippen molar-refractivity contribution in [1.82, 2.24) is 9.55 Å². The van der Waals surface area contributed by atoms with Crippen molar-refractivity contribution in [2.45, 2.75) is 71.2 Å². The van der Waals surface area contributed by atoms with Gasteiger partial charge in [-0.25, -0.2) is 4.98 Å². The standard InChI is InChI=1S/C19H29N3O6/c1-19(2,3)18(25)27-12-22-9-13(21-11-22)5-6-14-17(26-8-4-7-20)16(24)15(10-23)28-14/h9,11,14-17,23-24H,4-6,8,10,12H2,1-3H3/t14-,15+,16+,17-/m0/s1. The molecule has 0 spiro atoms. The molecule has 1 aliphatic heterocycles. The summed E-state index contributed by atoms with van der Waals surface area (Å²) in [6.07, 6.45) is 2.04. The average Bonchev–Trinajstić information content (AvgIpc) is 3.22. The van der Waals surface area contributed by atoms with Crippen molar-refractivity contribution in [2.75, 3.05) is 13.2 Å². The SMILES string of the molecule is CC(C)(C)C(=O)OCn1cnc(CC[C@@H]2O[C@H](CO)[C@@H](O)[C@H]2OCCC#N)c1. The van der Waals surface area contributed by atoms with Gasteiger partial charge in [-0.2, -0.15) is 5.26 Å². The van der Waals surface area contributed by atoms with E-state index in [1.165, 1.54) is 0 Å². The number of aliphatic hydroxyl groups is 2. The smallest absolute Gasteiger partial charge is 0.312 e. The maximum Gasteiger partial charge on any atom is 0.312 e. The fraction of sp³-hybridized carbons (Fsp3) is 0.737. The fourth-order valence-electron chi connectivity index (χ4n) is 2.89. The minimum Gasteiger partial charge on any atom is -0.443 e. The number of aliphatic hydroxyl groups excluding tert-OH is 2. The van der Waals surface area contributed by atoms with Crippen molar-refractivity contribution >= 4 is 5.97 Å². The predicted octanol–water partition coefficient (Wildman–Crippen LogP) is 0.782. The Kier molecular flexibility index (Phi) is 7.95. The summed E-state index contributed by atoms with van der Waals surface area (Å²) in [7, 11) is 0. The molecule has 0 bridgehead atoms. The number of carbonyl (C=O) groups is 1. The largest absolute Gasteiger partial charge is 0.443 e. The molecule has 0 aromatic carbocycles. The third-order valence-corrected chi connectivity index (χ3v) is 4.47. The van der Waals surface area contributed by atoms with E-state index < -0.39 is 29.8 Å². The van der Waals surface area contributed by atoms with Crippen molar-refractivity contribution in [3.8, 4) is 6.07 Å². The molecule has 1 aromatic rings. The van der Waals surface area contributed by atoms with Gasteiger partial charge < -0.3 is 29.0 Å². The molecular formula is C19H29N3O6. The molecule has 2 rings (SSSR count). The number of nitriles is 1. The highest BCUT2D eigenvalue weighted by Gasteiger charge is 2.43. The number of esters is 1. The summed E-state index contributed by atoms with van der Waals surface area (Å²) in [5, 5.41) is 28.2. The lowest BCUT2D eigenvalue weighted by atomic mass is 9.98. The van der Waals surface area contributed by atoms with Gasteiger partial charge in [0.05, 0.1) is 49.2 Å². The van der Waals surface area contributed by atoms with Crippen molar-refractivity contribution in [3.05, 3.63) is 18.2 Å². The lowest BCUT2D eigenvalue weighted by Gasteiger charge is -2.20. The van der Waals surface area contributed by atoms with Crippen LogP contribution in [0.3, 0.4) is 0 Å². The zero-order chi connectivity index (χ0) is 20.7. The number of hydrogen-bond acceptors (Lipinski definition) is 8. The highest BCUT2D eigenvalue weighted by atomic mass is 16.6. The van der Waals surface area contributed by atoms with E-state index in [-0.39, 0.29) is 32.3 Å². The van der Waals surface area contributed by atoms with Gasteiger partial charge in [-0.05, 0) is 33.6 Å². The fourth-order valence-corrected chi connectivity index (χ4v) is 2.89. The molecule has 9 nitrogen and oxygen atoms in total. The molecule has 0 radical (unpaired) electrons. The van der Waals surface area contributed by atoms with Crippen LogP contribution in [0.15, 0.2) is 12.5 Å². The Morgan fingerprint density at radius 2 is 2.18 bits per heavy atom. The second-order valence-electron chi connectivity index (χ2n) is 7.86. The van der Waals surface area contributed by atoms with Crippen molar-refractivity contribution in [1.29, 1.82) is 5.26 Å². The summed E-state index contributed by atoms with van der Waals surface area (Å²) >= 11 is 0. The van der Waals surface area contributed by atoms with Gasteiger partial charge in [0.2, 0.25) is 0 Å². The number of rotatable bonds is 9. The maximum absolute atomic E-state index is 11.8. The van der Waals surface area contributed by atoms with Gasteiger partial charge in [-0.1, -0.05) is 0 Å². The van der Waals surface area contributed by atoms with Gasteiger partial charge in [0.15, 0.2) is 6.73 Å². The Morgan fingerprint density at radius 1 is 1.43 bits per heavy atom. The van der Waals surface area contributed by atoms with Crippen LogP contribution in [0.1, 0.15) is 39.3 Å². The number of carbonyl (C=O) groups excluding carboxylic acids is 1. The van der Waals surface area contributed by atoms with E-state index in [2.05, 4.69) is 4.98 Å². The van der Waals surface area contributed by atoms with Gasteiger partial charge in [0.1, 0.15) is 18.3 Å². The van der Waals surface area contributed by atoms with Gasteiger partial charge in [-0.15, -0.1) is 0 Å². The summed E-state index contributed by atoms with van der Waals surface area (Å²) < 4.78 is 18.2. The number of nitrogens with zero attached hydrogens (tertiary/aromatic N) is 3. The van der Waals surface area contributed by atoms with Gasteiger partial charge in [0, 0.05) is 6.20 Å². The summed E-state index contributed by atoms with van der Waals surface area (Å²) in [4.78, 5) is 16.1. The molecule has 2 heterocycles. The number of aryl methyl sites for hydroxylation is 1. The number of ether oxygens (including phenoxy) is 3. The highest BCUT2D eigenvalue weighted by Crippen LogP contribution is 2.27. The van der Waals surface area contributed by atoms with Gasteiger partial charge in [-0.3, -0.25) is 4.79 Å². The topological polar surface area (TPSA) is 127 Å². The van der Waals surface area contributed by atoms with Crippen LogP contribution in [0, 0.1) is 16.7 Å². The van der Waals surface area contributed by atoms with Crippen molar-refractivity contribution in [2.24, 2.45) is 5.41 Å². The van der Waals surface area contributed by atoms with Gasteiger partial charge >= 0.3 is 5.97 Å². The Hall–Kier alpha value is -1.99. The second kappa shape index (κ2) is 9.98. The van der Waals surface area contributed by atoms with Crippen LogP contribution < -0.4 is 0 Å². The number of imidazole rings is 1. The molecule has 156 valence electrons. The molecular weight excluding hydrogens is 366 g/mol. The van der Waals surface area contributed by atoms with E-state index in [1.807, 2.05) is 6.07 Å². The molecule has 9 heteroatoms. The van der Waals surface area contributed by atoms with E-state index in [1.54, 1.807) is 37.9 Å². The molecule has 1 aliphatic rings. The quantitative estimate of drug-likeness (QED) is 0.464. The molecule has 0 aliphatic carbocycles. The average molecular weight is 395 g/mol. The molecule has 1 saturated heterocycles. The minimum atomic E-state index is -0.942. The molecule has 28 heavy (non-hydrogen) atoms. The Bertz CT molecular complexity index is 678. The first-order valence-electron chi connectivity index (χ1n) is 9.37. The molecule has 0 saturated carbocycles.